The second-order valence-electron chi connectivity index (χ2n) is 6.73. The molecule has 1 amide bonds. The number of thiazole rings is 1. The van der Waals surface area contributed by atoms with Crippen molar-refractivity contribution in [1.29, 1.82) is 0 Å². The van der Waals surface area contributed by atoms with Crippen LogP contribution in [0, 0.1) is 0 Å². The molecule has 0 saturated carbocycles. The number of aromatic nitrogens is 2. The van der Waals surface area contributed by atoms with Gasteiger partial charge in [-0.25, -0.2) is 4.98 Å². The number of carbonyl (C=O) groups is 1. The average molecular weight is 415 g/mol. The van der Waals surface area contributed by atoms with Gasteiger partial charge in [-0.05, 0) is 35.9 Å². The molecule has 7 heteroatoms. The second kappa shape index (κ2) is 7.96. The highest BCUT2D eigenvalue weighted by atomic mass is 32.1. The zero-order chi connectivity index (χ0) is 20.3. The van der Waals surface area contributed by atoms with Crippen molar-refractivity contribution in [2.45, 2.75) is 6.54 Å². The van der Waals surface area contributed by atoms with E-state index in [1.807, 2.05) is 47.8 Å². The fourth-order valence-electron chi connectivity index (χ4n) is 3.14. The van der Waals surface area contributed by atoms with Gasteiger partial charge in [0.25, 0.3) is 5.91 Å². The first kappa shape index (κ1) is 18.3. The third-order valence-corrected chi connectivity index (χ3v) is 5.64. The van der Waals surface area contributed by atoms with Crippen molar-refractivity contribution in [2.75, 3.05) is 6.79 Å². The van der Waals surface area contributed by atoms with Crippen molar-refractivity contribution >= 4 is 17.2 Å². The van der Waals surface area contributed by atoms with Crippen LogP contribution in [0.25, 0.3) is 21.8 Å². The topological polar surface area (TPSA) is 73.3 Å². The van der Waals surface area contributed by atoms with E-state index >= 15 is 0 Å². The van der Waals surface area contributed by atoms with Gasteiger partial charge < -0.3 is 14.8 Å². The molecule has 1 N–H and O–H groups in total. The Kier molecular flexibility index (Phi) is 4.86. The fraction of sp³-hybridized carbons (Fsp3) is 0.0870. The molecule has 3 heterocycles. The van der Waals surface area contributed by atoms with Crippen LogP contribution in [0.5, 0.6) is 11.5 Å². The van der Waals surface area contributed by atoms with E-state index < -0.39 is 0 Å². The van der Waals surface area contributed by atoms with Gasteiger partial charge in [-0.1, -0.05) is 24.3 Å². The first-order valence-electron chi connectivity index (χ1n) is 9.39. The number of hydrogen-bond donors (Lipinski definition) is 1. The molecule has 0 radical (unpaired) electrons. The molecule has 0 aliphatic carbocycles. The maximum atomic E-state index is 12.1. The van der Waals surface area contributed by atoms with E-state index in [1.54, 1.807) is 35.9 Å². The number of fused-ring (bicyclic) bond motifs is 1. The lowest BCUT2D eigenvalue weighted by Gasteiger charge is -2.06. The molecule has 6 nitrogen and oxygen atoms in total. The van der Waals surface area contributed by atoms with Crippen molar-refractivity contribution in [3.63, 3.8) is 0 Å². The van der Waals surface area contributed by atoms with Crippen LogP contribution in [-0.2, 0) is 6.54 Å². The highest BCUT2D eigenvalue weighted by Gasteiger charge is 2.15. The van der Waals surface area contributed by atoms with Gasteiger partial charge in [0.05, 0.1) is 11.3 Å². The molecule has 1 aliphatic rings. The van der Waals surface area contributed by atoms with Crippen LogP contribution >= 0.6 is 11.3 Å². The molecular weight excluding hydrogens is 398 g/mol. The minimum atomic E-state index is -0.138. The van der Waals surface area contributed by atoms with Crippen LogP contribution in [0.15, 0.2) is 72.4 Å². The van der Waals surface area contributed by atoms with Crippen LogP contribution in [0.1, 0.15) is 15.9 Å². The third kappa shape index (κ3) is 3.75. The first-order chi connectivity index (χ1) is 14.8. The summed E-state index contributed by atoms with van der Waals surface area (Å²) in [6.45, 7) is 0.713. The summed E-state index contributed by atoms with van der Waals surface area (Å²) in [4.78, 5) is 20.9. The smallest absolute Gasteiger partial charge is 0.253 e. The molecule has 0 saturated heterocycles. The van der Waals surface area contributed by atoms with Crippen LogP contribution < -0.4 is 14.8 Å². The summed E-state index contributed by atoms with van der Waals surface area (Å²) in [5.74, 6) is 1.38. The van der Waals surface area contributed by atoms with E-state index in [4.69, 9.17) is 14.5 Å². The number of amides is 1. The summed E-state index contributed by atoms with van der Waals surface area (Å²) < 4.78 is 10.8. The summed E-state index contributed by atoms with van der Waals surface area (Å²) in [6.07, 6.45) is 3.20. The molecule has 0 fully saturated rings. The number of hydrogen-bond acceptors (Lipinski definition) is 6. The third-order valence-electron chi connectivity index (χ3n) is 4.75. The van der Waals surface area contributed by atoms with Gasteiger partial charge >= 0.3 is 0 Å². The Bertz CT molecular complexity index is 1190. The number of benzene rings is 2. The number of nitrogens with one attached hydrogen (secondary N) is 1. The monoisotopic (exact) mass is 415 g/mol. The first-order valence-corrected chi connectivity index (χ1v) is 10.3. The Labute approximate surface area is 177 Å². The van der Waals surface area contributed by atoms with Gasteiger partial charge in [0.2, 0.25) is 6.79 Å². The summed E-state index contributed by atoms with van der Waals surface area (Å²) in [5.41, 5.74) is 4.50. The van der Waals surface area contributed by atoms with Gasteiger partial charge in [-0.15, -0.1) is 11.3 Å². The molecule has 0 spiro atoms. The second-order valence-corrected chi connectivity index (χ2v) is 7.59. The van der Waals surface area contributed by atoms with Crippen LogP contribution in [0.4, 0.5) is 0 Å². The SMILES string of the molecule is O=C(NCc1ccc(-c2nc(-c3ccc4c(c3)OCO4)cs2)cc1)c1cccnc1. The Morgan fingerprint density at radius 2 is 1.87 bits per heavy atom. The lowest BCUT2D eigenvalue weighted by atomic mass is 10.1. The molecule has 5 rings (SSSR count). The lowest BCUT2D eigenvalue weighted by molar-refractivity contribution is 0.0950. The van der Waals surface area contributed by atoms with E-state index in [1.165, 1.54) is 0 Å². The molecular formula is C23H17N3O3S. The predicted octanol–water partition coefficient (Wildman–Crippen LogP) is 4.53. The Morgan fingerprint density at radius 1 is 1.03 bits per heavy atom. The van der Waals surface area contributed by atoms with E-state index in [-0.39, 0.29) is 12.7 Å². The van der Waals surface area contributed by atoms with Gasteiger partial charge in [-0.3, -0.25) is 9.78 Å². The summed E-state index contributed by atoms with van der Waals surface area (Å²) in [7, 11) is 0. The average Bonchev–Trinajstić information content (AvgIpc) is 3.47. The molecule has 148 valence electrons. The van der Waals surface area contributed by atoms with E-state index in [0.29, 0.717) is 12.1 Å². The minimum absolute atomic E-state index is 0.138. The highest BCUT2D eigenvalue weighted by molar-refractivity contribution is 7.13. The van der Waals surface area contributed by atoms with Gasteiger partial charge in [0.15, 0.2) is 11.5 Å². The maximum absolute atomic E-state index is 12.1. The number of nitrogens with zero attached hydrogens (tertiary/aromatic N) is 2. The lowest BCUT2D eigenvalue weighted by Crippen LogP contribution is -2.22. The molecule has 0 unspecified atom stereocenters. The van der Waals surface area contributed by atoms with Gasteiger partial charge in [-0.2, -0.15) is 0 Å². The van der Waals surface area contributed by atoms with E-state index in [0.717, 1.165) is 38.9 Å². The Balaban J connectivity index is 1.26. The number of rotatable bonds is 5. The number of ether oxygens (including phenoxy) is 2. The molecule has 0 atom stereocenters. The van der Waals surface area contributed by atoms with Crippen molar-refractivity contribution in [3.8, 4) is 33.3 Å². The maximum Gasteiger partial charge on any atom is 0.253 e. The molecule has 2 aromatic carbocycles. The minimum Gasteiger partial charge on any atom is -0.454 e. The quantitative estimate of drug-likeness (QED) is 0.518. The molecule has 4 aromatic rings. The summed E-state index contributed by atoms with van der Waals surface area (Å²) in [5, 5.41) is 5.88. The van der Waals surface area contributed by atoms with E-state index in [9.17, 15) is 4.79 Å². The summed E-state index contributed by atoms with van der Waals surface area (Å²) in [6, 6.07) is 17.4. The molecule has 30 heavy (non-hydrogen) atoms. The largest absolute Gasteiger partial charge is 0.454 e. The highest BCUT2D eigenvalue weighted by Crippen LogP contribution is 2.37. The standard InChI is InChI=1S/C23H17N3O3S/c27-22(18-2-1-9-24-12-18)25-11-15-3-5-16(6-4-15)23-26-19(13-30-23)17-7-8-20-21(10-17)29-14-28-20/h1-10,12-13H,11,14H2,(H,25,27). The normalized spacial score (nSPS) is 12.0. The van der Waals surface area contributed by atoms with Gasteiger partial charge in [0.1, 0.15) is 5.01 Å². The molecule has 2 aromatic heterocycles. The van der Waals surface area contributed by atoms with Crippen molar-refractivity contribution in [1.82, 2.24) is 15.3 Å². The molecule has 1 aliphatic heterocycles. The van der Waals surface area contributed by atoms with Gasteiger partial charge in [0, 0.05) is 35.4 Å². The predicted molar refractivity (Wildman–Crippen MR) is 115 cm³/mol. The zero-order valence-electron chi connectivity index (χ0n) is 15.9. The molecule has 0 bridgehead atoms. The Hall–Kier alpha value is -3.71. The summed E-state index contributed by atoms with van der Waals surface area (Å²) >= 11 is 1.59. The Morgan fingerprint density at radius 3 is 2.70 bits per heavy atom. The van der Waals surface area contributed by atoms with E-state index in [2.05, 4.69) is 10.3 Å². The fourth-order valence-corrected chi connectivity index (χ4v) is 3.98. The van der Waals surface area contributed by atoms with Crippen LogP contribution in [0.2, 0.25) is 0 Å². The van der Waals surface area contributed by atoms with Crippen LogP contribution in [-0.4, -0.2) is 22.7 Å². The number of carbonyl (C=O) groups excluding carboxylic acids is 1. The number of pyridine rings is 1. The van der Waals surface area contributed by atoms with Crippen molar-refractivity contribution in [2.24, 2.45) is 0 Å². The zero-order valence-corrected chi connectivity index (χ0v) is 16.7. The van der Waals surface area contributed by atoms with Crippen LogP contribution in [0.3, 0.4) is 0 Å². The van der Waals surface area contributed by atoms with Crippen molar-refractivity contribution in [3.05, 3.63) is 83.5 Å². The van der Waals surface area contributed by atoms with Crippen molar-refractivity contribution < 1.29 is 14.3 Å².